The van der Waals surface area contributed by atoms with Crippen molar-refractivity contribution in [1.29, 1.82) is 0 Å². The third kappa shape index (κ3) is 2.78. The van der Waals surface area contributed by atoms with Gasteiger partial charge in [-0.1, -0.05) is 12.1 Å². The number of fused-ring (bicyclic) bond motifs is 2. The molecule has 1 aliphatic carbocycles. The number of aryl methyl sites for hydroxylation is 2. The number of likely N-dealkylation sites (tertiary alicyclic amines) is 1. The van der Waals surface area contributed by atoms with E-state index in [0.717, 1.165) is 38.9 Å². The minimum absolute atomic E-state index is 0.251. The van der Waals surface area contributed by atoms with Crippen molar-refractivity contribution in [2.24, 2.45) is 11.4 Å². The number of aromatic nitrogens is 2. The molecule has 0 amide bonds. The van der Waals surface area contributed by atoms with Crippen molar-refractivity contribution >= 4 is 15.9 Å². The highest BCUT2D eigenvalue weighted by Gasteiger charge is 2.35. The van der Waals surface area contributed by atoms with Gasteiger partial charge in [0.15, 0.2) is 5.84 Å². The van der Waals surface area contributed by atoms with Crippen molar-refractivity contribution < 1.29 is 8.42 Å². The second-order valence-corrected chi connectivity index (χ2v) is 9.60. The Morgan fingerprint density at radius 3 is 2.93 bits per heavy atom. The quantitative estimate of drug-likeness (QED) is 0.783. The molecule has 8 heteroatoms. The van der Waals surface area contributed by atoms with Crippen LogP contribution in [0.1, 0.15) is 35.4 Å². The second kappa shape index (κ2) is 6.42. The first-order valence-electron chi connectivity index (χ1n) is 9.87. The van der Waals surface area contributed by atoms with Crippen LogP contribution >= 0.6 is 0 Å². The lowest BCUT2D eigenvalue weighted by atomic mass is 10.1. The van der Waals surface area contributed by atoms with E-state index in [-0.39, 0.29) is 6.04 Å². The van der Waals surface area contributed by atoms with E-state index in [1.165, 1.54) is 23.4 Å². The van der Waals surface area contributed by atoms with Crippen LogP contribution in [0.5, 0.6) is 0 Å². The molecule has 7 nitrogen and oxygen atoms in total. The number of sulfonamides is 1. The predicted octanol–water partition coefficient (Wildman–Crippen LogP) is 1.56. The Bertz CT molecular complexity index is 1070. The second-order valence-electron chi connectivity index (χ2n) is 8.02. The summed E-state index contributed by atoms with van der Waals surface area (Å²) in [7, 11) is 0.433. The molecular formula is C20H25N5O2S. The Morgan fingerprint density at radius 1 is 1.25 bits per heavy atom. The fraction of sp³-hybridized carbons (Fsp3) is 0.500. The zero-order valence-corrected chi connectivity index (χ0v) is 17.1. The molecule has 28 heavy (non-hydrogen) atoms. The van der Waals surface area contributed by atoms with Gasteiger partial charge in [-0.15, -0.1) is 4.40 Å². The lowest BCUT2D eigenvalue weighted by molar-refractivity contribution is 0.288. The summed E-state index contributed by atoms with van der Waals surface area (Å²) >= 11 is 0. The maximum absolute atomic E-state index is 12.4. The topological polar surface area (TPSA) is 70.8 Å². The minimum atomic E-state index is -3.58. The van der Waals surface area contributed by atoms with E-state index in [4.69, 9.17) is 0 Å². The van der Waals surface area contributed by atoms with Crippen LogP contribution in [0.25, 0.3) is 0 Å². The lowest BCUT2D eigenvalue weighted by Gasteiger charge is -2.26. The van der Waals surface area contributed by atoms with Gasteiger partial charge >= 0.3 is 0 Å². The molecule has 0 saturated carbocycles. The number of rotatable bonds is 3. The summed E-state index contributed by atoms with van der Waals surface area (Å²) in [5.41, 5.74) is 4.77. The molecule has 3 heterocycles. The first kappa shape index (κ1) is 17.9. The van der Waals surface area contributed by atoms with Gasteiger partial charge in [0, 0.05) is 45.3 Å². The summed E-state index contributed by atoms with van der Waals surface area (Å²) in [6, 6.07) is 7.35. The van der Waals surface area contributed by atoms with Gasteiger partial charge in [0.05, 0.1) is 11.4 Å². The minimum Gasteiger partial charge on any atom is -0.354 e. The van der Waals surface area contributed by atoms with Crippen molar-refractivity contribution in [2.75, 3.05) is 20.1 Å². The number of nitrogens with zero attached hydrogens (tertiary/aromatic N) is 5. The first-order valence-corrected chi connectivity index (χ1v) is 11.3. The average Bonchev–Trinajstić information content (AvgIpc) is 3.42. The van der Waals surface area contributed by atoms with Gasteiger partial charge in [-0.3, -0.25) is 9.58 Å². The predicted molar refractivity (Wildman–Crippen MR) is 107 cm³/mol. The van der Waals surface area contributed by atoms with Crippen LogP contribution < -0.4 is 0 Å². The van der Waals surface area contributed by atoms with Crippen LogP contribution in [0.4, 0.5) is 0 Å². The molecule has 0 spiro atoms. The van der Waals surface area contributed by atoms with Crippen molar-refractivity contribution in [1.82, 2.24) is 19.6 Å². The molecule has 1 saturated heterocycles. The lowest BCUT2D eigenvalue weighted by Crippen LogP contribution is -2.39. The summed E-state index contributed by atoms with van der Waals surface area (Å²) in [5, 5.41) is 4.69. The maximum Gasteiger partial charge on any atom is 0.285 e. The van der Waals surface area contributed by atoms with Gasteiger partial charge < -0.3 is 4.90 Å². The van der Waals surface area contributed by atoms with E-state index in [1.54, 1.807) is 12.1 Å². The van der Waals surface area contributed by atoms with Crippen molar-refractivity contribution in [2.45, 2.75) is 43.2 Å². The Morgan fingerprint density at radius 2 is 2.07 bits per heavy atom. The standard InChI is InChI=1S/C20H25N5O2S/c1-23(20-16-6-3-4-9-19(16)28(26,27)22-20)14-10-11-25(12-14)13-18-15-7-5-8-17(15)21-24(18)2/h3-4,6,9,14H,5,7-8,10-13H2,1-2H3. The van der Waals surface area contributed by atoms with E-state index in [9.17, 15) is 8.42 Å². The molecule has 2 aliphatic heterocycles. The zero-order valence-electron chi connectivity index (χ0n) is 16.3. The van der Waals surface area contributed by atoms with Crippen LogP contribution in [-0.4, -0.2) is 60.0 Å². The van der Waals surface area contributed by atoms with Gasteiger partial charge in [-0.05, 0) is 43.4 Å². The van der Waals surface area contributed by atoms with Crippen LogP contribution in [0.2, 0.25) is 0 Å². The third-order valence-electron chi connectivity index (χ3n) is 6.31. The third-order valence-corrected chi connectivity index (χ3v) is 7.64. The summed E-state index contributed by atoms with van der Waals surface area (Å²) in [6.07, 6.45) is 4.45. The largest absolute Gasteiger partial charge is 0.354 e. The van der Waals surface area contributed by atoms with E-state index in [2.05, 4.69) is 19.3 Å². The highest BCUT2D eigenvalue weighted by molar-refractivity contribution is 7.90. The van der Waals surface area contributed by atoms with E-state index in [0.29, 0.717) is 16.3 Å². The summed E-state index contributed by atoms with van der Waals surface area (Å²) in [4.78, 5) is 4.82. The average molecular weight is 400 g/mol. The number of hydrogen-bond donors (Lipinski definition) is 0. The Balaban J connectivity index is 1.33. The maximum atomic E-state index is 12.4. The van der Waals surface area contributed by atoms with Crippen LogP contribution in [-0.2, 0) is 36.5 Å². The normalized spacial score (nSPS) is 22.9. The van der Waals surface area contributed by atoms with E-state index >= 15 is 0 Å². The Labute approximate surface area is 165 Å². The van der Waals surface area contributed by atoms with Gasteiger partial charge in [-0.2, -0.15) is 13.5 Å². The van der Waals surface area contributed by atoms with Crippen molar-refractivity contribution in [3.8, 4) is 0 Å². The van der Waals surface area contributed by atoms with Crippen LogP contribution in [0.15, 0.2) is 33.6 Å². The van der Waals surface area contributed by atoms with E-state index < -0.39 is 10.0 Å². The molecule has 1 atom stereocenters. The van der Waals surface area contributed by atoms with Crippen LogP contribution in [0, 0.1) is 0 Å². The molecule has 0 bridgehead atoms. The fourth-order valence-corrected chi connectivity index (χ4v) is 6.02. The molecule has 1 unspecified atom stereocenters. The van der Waals surface area contributed by atoms with Crippen LogP contribution in [0.3, 0.4) is 0 Å². The number of likely N-dealkylation sites (N-methyl/N-ethyl adjacent to an activating group) is 1. The molecule has 148 valence electrons. The van der Waals surface area contributed by atoms with E-state index in [1.807, 2.05) is 30.9 Å². The summed E-state index contributed by atoms with van der Waals surface area (Å²) in [5.74, 6) is 0.573. The highest BCUT2D eigenvalue weighted by atomic mass is 32.2. The molecule has 2 aromatic rings. The Kier molecular flexibility index (Phi) is 4.10. The summed E-state index contributed by atoms with van der Waals surface area (Å²) < 4.78 is 30.9. The first-order chi connectivity index (χ1) is 13.4. The highest BCUT2D eigenvalue weighted by Crippen LogP contribution is 2.30. The van der Waals surface area contributed by atoms with Gasteiger partial charge in [-0.25, -0.2) is 0 Å². The van der Waals surface area contributed by atoms with Gasteiger partial charge in [0.1, 0.15) is 4.90 Å². The molecule has 0 N–H and O–H groups in total. The molecule has 5 rings (SSSR count). The monoisotopic (exact) mass is 399 g/mol. The number of benzene rings is 1. The van der Waals surface area contributed by atoms with Crippen molar-refractivity contribution in [3.63, 3.8) is 0 Å². The molecular weight excluding hydrogens is 374 g/mol. The molecule has 0 radical (unpaired) electrons. The SMILES string of the molecule is CN(C1=NS(=O)(=O)c2ccccc21)C1CCN(Cc2c3c(nn2C)CCC3)C1. The number of amidine groups is 1. The van der Waals surface area contributed by atoms with Gasteiger partial charge in [0.25, 0.3) is 10.0 Å². The van der Waals surface area contributed by atoms with Gasteiger partial charge in [0.2, 0.25) is 0 Å². The fourth-order valence-electron chi connectivity index (χ4n) is 4.78. The summed E-state index contributed by atoms with van der Waals surface area (Å²) in [6.45, 7) is 2.80. The Hall–Kier alpha value is -2.19. The molecule has 1 aromatic heterocycles. The molecule has 1 fully saturated rings. The molecule has 3 aliphatic rings. The van der Waals surface area contributed by atoms with Crippen molar-refractivity contribution in [3.05, 3.63) is 46.8 Å². The smallest absolute Gasteiger partial charge is 0.285 e. The zero-order chi connectivity index (χ0) is 19.5. The molecule has 1 aromatic carbocycles. The number of hydrogen-bond acceptors (Lipinski definition) is 5.